The van der Waals surface area contributed by atoms with Gasteiger partial charge in [0.25, 0.3) is 0 Å². The molecule has 0 saturated heterocycles. The van der Waals surface area contributed by atoms with Crippen molar-refractivity contribution < 1.29 is 27.9 Å². The standard InChI is InChI=1S/C20H21NO6S/c22-19(23)18(21-20(24)27-15-16-9-3-1-4-10-16)13-7-8-14-28(25,26)17-11-5-2-6-12-17/h1-6,8-12,14,18H,7,13,15H2,(H,21,24)(H,22,23)/b14-8+/t18-/m0/s1. The molecule has 0 aromatic heterocycles. The minimum absolute atomic E-state index is 0.0221. The lowest BCUT2D eigenvalue weighted by Gasteiger charge is -2.13. The fourth-order valence-electron chi connectivity index (χ4n) is 2.31. The predicted molar refractivity (Wildman–Crippen MR) is 103 cm³/mol. The molecule has 0 bridgehead atoms. The molecule has 2 rings (SSSR count). The van der Waals surface area contributed by atoms with Crippen LogP contribution in [0.2, 0.25) is 0 Å². The Morgan fingerprint density at radius 1 is 1.04 bits per heavy atom. The lowest BCUT2D eigenvalue weighted by atomic mass is 10.1. The summed E-state index contributed by atoms with van der Waals surface area (Å²) in [5.41, 5.74) is 0.776. The van der Waals surface area contributed by atoms with Gasteiger partial charge in [-0.05, 0) is 30.5 Å². The first-order valence-electron chi connectivity index (χ1n) is 8.55. The van der Waals surface area contributed by atoms with Crippen LogP contribution in [0.25, 0.3) is 0 Å². The number of ether oxygens (including phenoxy) is 1. The minimum Gasteiger partial charge on any atom is -0.480 e. The molecule has 0 fully saturated rings. The highest BCUT2D eigenvalue weighted by molar-refractivity contribution is 7.94. The molecule has 148 valence electrons. The van der Waals surface area contributed by atoms with E-state index < -0.39 is 27.9 Å². The number of carbonyl (C=O) groups excluding carboxylic acids is 1. The van der Waals surface area contributed by atoms with Crippen LogP contribution in [0.1, 0.15) is 18.4 Å². The van der Waals surface area contributed by atoms with Crippen molar-refractivity contribution in [2.45, 2.75) is 30.4 Å². The van der Waals surface area contributed by atoms with Gasteiger partial charge in [-0.3, -0.25) is 0 Å². The van der Waals surface area contributed by atoms with Gasteiger partial charge in [0.1, 0.15) is 12.6 Å². The fourth-order valence-corrected chi connectivity index (χ4v) is 3.39. The molecule has 0 aliphatic heterocycles. The molecule has 1 amide bonds. The maximum Gasteiger partial charge on any atom is 0.408 e. The van der Waals surface area contributed by atoms with E-state index in [1.54, 1.807) is 42.5 Å². The molecule has 28 heavy (non-hydrogen) atoms. The van der Waals surface area contributed by atoms with E-state index in [1.165, 1.54) is 18.2 Å². The Morgan fingerprint density at radius 2 is 1.64 bits per heavy atom. The summed E-state index contributed by atoms with van der Waals surface area (Å²) in [5, 5.41) is 12.5. The van der Waals surface area contributed by atoms with Gasteiger partial charge in [0, 0.05) is 5.41 Å². The highest BCUT2D eigenvalue weighted by Gasteiger charge is 2.20. The van der Waals surface area contributed by atoms with Crippen LogP contribution in [0, 0.1) is 0 Å². The third kappa shape index (κ3) is 6.88. The SMILES string of the molecule is O=C(N[C@@H](CC/C=C/S(=O)(=O)c1ccccc1)C(=O)O)OCc1ccccc1. The van der Waals surface area contributed by atoms with E-state index in [9.17, 15) is 23.1 Å². The van der Waals surface area contributed by atoms with Crippen molar-refractivity contribution >= 4 is 21.9 Å². The van der Waals surface area contributed by atoms with Gasteiger partial charge in [0.15, 0.2) is 9.84 Å². The molecule has 1 atom stereocenters. The number of hydrogen-bond donors (Lipinski definition) is 2. The predicted octanol–water partition coefficient (Wildman–Crippen LogP) is 3.13. The zero-order valence-electron chi connectivity index (χ0n) is 15.0. The van der Waals surface area contributed by atoms with Crippen LogP contribution in [0.4, 0.5) is 4.79 Å². The Labute approximate surface area is 163 Å². The van der Waals surface area contributed by atoms with Gasteiger partial charge >= 0.3 is 12.1 Å². The van der Waals surface area contributed by atoms with E-state index in [-0.39, 0.29) is 24.3 Å². The summed E-state index contributed by atoms with van der Waals surface area (Å²) in [5.74, 6) is -1.23. The third-order valence-electron chi connectivity index (χ3n) is 3.77. The number of nitrogens with one attached hydrogen (secondary N) is 1. The number of alkyl carbamates (subject to hydrolysis) is 1. The second-order valence-corrected chi connectivity index (χ2v) is 7.74. The largest absolute Gasteiger partial charge is 0.480 e. The van der Waals surface area contributed by atoms with Crippen LogP contribution in [0.3, 0.4) is 0 Å². The molecule has 2 aromatic carbocycles. The molecule has 0 spiro atoms. The molecule has 2 N–H and O–H groups in total. The maximum absolute atomic E-state index is 12.1. The van der Waals surface area contributed by atoms with Gasteiger partial charge in [0.2, 0.25) is 0 Å². The number of allylic oxidation sites excluding steroid dienone is 1. The third-order valence-corrected chi connectivity index (χ3v) is 5.25. The number of carboxylic acids is 1. The Kier molecular flexibility index (Phi) is 7.76. The quantitative estimate of drug-likeness (QED) is 0.666. The van der Waals surface area contributed by atoms with Gasteiger partial charge in [-0.2, -0.15) is 0 Å². The van der Waals surface area contributed by atoms with Crippen molar-refractivity contribution in [1.29, 1.82) is 0 Å². The number of carbonyl (C=O) groups is 2. The molecule has 0 aliphatic rings. The summed E-state index contributed by atoms with van der Waals surface area (Å²) >= 11 is 0. The minimum atomic E-state index is -3.58. The first kappa shape index (κ1) is 21.2. The second-order valence-electron chi connectivity index (χ2n) is 5.90. The highest BCUT2D eigenvalue weighted by atomic mass is 32.2. The molecular weight excluding hydrogens is 382 g/mol. The molecule has 0 heterocycles. The summed E-state index contributed by atoms with van der Waals surface area (Å²) in [6.07, 6.45) is 0.700. The average Bonchev–Trinajstić information content (AvgIpc) is 2.70. The number of aliphatic carboxylic acids is 1. The average molecular weight is 403 g/mol. The summed E-state index contributed by atoms with van der Waals surface area (Å²) in [6, 6.07) is 15.7. The summed E-state index contributed by atoms with van der Waals surface area (Å²) in [7, 11) is -3.58. The van der Waals surface area contributed by atoms with Crippen LogP contribution < -0.4 is 5.32 Å². The number of amides is 1. The number of hydrogen-bond acceptors (Lipinski definition) is 5. The van der Waals surface area contributed by atoms with Crippen molar-refractivity contribution in [3.05, 3.63) is 77.7 Å². The molecule has 0 aliphatic carbocycles. The lowest BCUT2D eigenvalue weighted by Crippen LogP contribution is -2.40. The molecular formula is C20H21NO6S. The zero-order valence-corrected chi connectivity index (χ0v) is 15.8. The number of benzene rings is 2. The lowest BCUT2D eigenvalue weighted by molar-refractivity contribution is -0.139. The van der Waals surface area contributed by atoms with Gasteiger partial charge < -0.3 is 15.2 Å². The molecule has 2 aromatic rings. The number of rotatable bonds is 9. The summed E-state index contributed by atoms with van der Waals surface area (Å²) in [4.78, 5) is 23.3. The van der Waals surface area contributed by atoms with Crippen LogP contribution >= 0.6 is 0 Å². The van der Waals surface area contributed by atoms with Crippen LogP contribution in [-0.2, 0) is 26.0 Å². The van der Waals surface area contributed by atoms with E-state index in [2.05, 4.69) is 5.32 Å². The van der Waals surface area contributed by atoms with Crippen molar-refractivity contribution in [1.82, 2.24) is 5.32 Å². The fraction of sp³-hybridized carbons (Fsp3) is 0.200. The summed E-state index contributed by atoms with van der Waals surface area (Å²) in [6.45, 7) is 0.0221. The van der Waals surface area contributed by atoms with Gasteiger partial charge in [-0.1, -0.05) is 54.6 Å². The first-order chi connectivity index (χ1) is 13.4. The second kappa shape index (κ2) is 10.3. The Hall–Kier alpha value is -3.13. The molecule has 8 heteroatoms. The highest BCUT2D eigenvalue weighted by Crippen LogP contribution is 2.12. The van der Waals surface area contributed by atoms with E-state index in [1.807, 2.05) is 6.07 Å². The van der Waals surface area contributed by atoms with Crippen molar-refractivity contribution in [3.8, 4) is 0 Å². The van der Waals surface area contributed by atoms with Crippen molar-refractivity contribution in [2.24, 2.45) is 0 Å². The van der Waals surface area contributed by atoms with E-state index in [0.29, 0.717) is 0 Å². The molecule has 0 saturated carbocycles. The zero-order chi connectivity index (χ0) is 20.4. The Balaban J connectivity index is 1.84. The van der Waals surface area contributed by atoms with E-state index in [0.717, 1.165) is 11.0 Å². The summed E-state index contributed by atoms with van der Waals surface area (Å²) < 4.78 is 29.2. The van der Waals surface area contributed by atoms with Crippen molar-refractivity contribution in [2.75, 3.05) is 0 Å². The Bertz CT molecular complexity index is 910. The topological polar surface area (TPSA) is 110 Å². The normalized spacial score (nSPS) is 12.4. The van der Waals surface area contributed by atoms with E-state index in [4.69, 9.17) is 4.74 Å². The van der Waals surface area contributed by atoms with Gasteiger partial charge in [-0.25, -0.2) is 18.0 Å². The Morgan fingerprint density at radius 3 is 2.25 bits per heavy atom. The van der Waals surface area contributed by atoms with Crippen molar-refractivity contribution in [3.63, 3.8) is 0 Å². The monoisotopic (exact) mass is 403 g/mol. The molecule has 0 unspecified atom stereocenters. The maximum atomic E-state index is 12.1. The molecule has 7 nitrogen and oxygen atoms in total. The number of carboxylic acid groups (broad SMARTS) is 1. The molecule has 0 radical (unpaired) electrons. The van der Waals surface area contributed by atoms with Gasteiger partial charge in [0.05, 0.1) is 4.90 Å². The van der Waals surface area contributed by atoms with Crippen LogP contribution in [-0.4, -0.2) is 31.6 Å². The van der Waals surface area contributed by atoms with Crippen LogP contribution in [0.15, 0.2) is 77.0 Å². The number of sulfone groups is 1. The first-order valence-corrected chi connectivity index (χ1v) is 10.1. The smallest absolute Gasteiger partial charge is 0.408 e. The van der Waals surface area contributed by atoms with Gasteiger partial charge in [-0.15, -0.1) is 0 Å². The van der Waals surface area contributed by atoms with E-state index >= 15 is 0 Å². The van der Waals surface area contributed by atoms with Crippen LogP contribution in [0.5, 0.6) is 0 Å².